The molecule has 5 nitrogen and oxygen atoms in total. The molecule has 0 N–H and O–H groups in total. The zero-order valence-electron chi connectivity index (χ0n) is 11.1. The van der Waals surface area contributed by atoms with Crippen molar-refractivity contribution in [3.8, 4) is 11.6 Å². The van der Waals surface area contributed by atoms with Crippen molar-refractivity contribution in [3.05, 3.63) is 57.3 Å². The van der Waals surface area contributed by atoms with Crippen LogP contribution < -0.4 is 4.74 Å². The van der Waals surface area contributed by atoms with Gasteiger partial charge in [-0.25, -0.2) is 4.98 Å². The topological polar surface area (TPSA) is 65.3 Å². The third-order valence-corrected chi connectivity index (χ3v) is 3.62. The predicted octanol–water partition coefficient (Wildman–Crippen LogP) is 3.58. The van der Waals surface area contributed by atoms with Gasteiger partial charge in [0.1, 0.15) is 11.9 Å². The fraction of sp³-hybridized carbons (Fsp3) is 0.267. The Hall–Kier alpha value is -2.43. The summed E-state index contributed by atoms with van der Waals surface area (Å²) >= 11 is 0. The number of nitro groups is 1. The van der Waals surface area contributed by atoms with Crippen LogP contribution in [0.15, 0.2) is 30.5 Å². The monoisotopic (exact) mass is 270 g/mol. The van der Waals surface area contributed by atoms with Crippen molar-refractivity contribution in [1.29, 1.82) is 0 Å². The second-order valence-electron chi connectivity index (χ2n) is 4.91. The van der Waals surface area contributed by atoms with Crippen LogP contribution in [0.1, 0.15) is 23.1 Å². The molecule has 0 unspecified atom stereocenters. The summed E-state index contributed by atoms with van der Waals surface area (Å²) < 4.78 is 5.78. The summed E-state index contributed by atoms with van der Waals surface area (Å²) in [5.41, 5.74) is 3.86. The van der Waals surface area contributed by atoms with E-state index in [4.69, 9.17) is 4.74 Å². The number of ether oxygens (including phenoxy) is 1. The van der Waals surface area contributed by atoms with Gasteiger partial charge in [0.2, 0.25) is 5.88 Å². The second-order valence-corrected chi connectivity index (χ2v) is 4.91. The maximum atomic E-state index is 10.6. The highest BCUT2D eigenvalue weighted by Crippen LogP contribution is 2.35. The van der Waals surface area contributed by atoms with Crippen LogP contribution in [0, 0.1) is 17.0 Å². The lowest BCUT2D eigenvalue weighted by atomic mass is 10.0. The van der Waals surface area contributed by atoms with E-state index in [1.165, 1.54) is 35.0 Å². The number of hydrogen-bond acceptors (Lipinski definition) is 4. The van der Waals surface area contributed by atoms with Crippen LogP contribution in [0.3, 0.4) is 0 Å². The molecule has 1 heterocycles. The molecule has 0 saturated carbocycles. The SMILES string of the molecule is Cc1ccc(Oc2ccc([N+](=O)[O-])cn2)c2c1CCC2. The van der Waals surface area contributed by atoms with E-state index in [1.807, 2.05) is 12.1 Å². The molecule has 0 spiro atoms. The van der Waals surface area contributed by atoms with E-state index in [9.17, 15) is 10.1 Å². The Morgan fingerprint density at radius 1 is 1.20 bits per heavy atom. The molecule has 0 radical (unpaired) electrons. The molecule has 1 aliphatic carbocycles. The summed E-state index contributed by atoms with van der Waals surface area (Å²) in [6.45, 7) is 2.11. The van der Waals surface area contributed by atoms with Crippen molar-refractivity contribution in [2.75, 3.05) is 0 Å². The molecule has 102 valence electrons. The third kappa shape index (κ3) is 2.22. The molecule has 0 bridgehead atoms. The van der Waals surface area contributed by atoms with Gasteiger partial charge >= 0.3 is 0 Å². The minimum absolute atomic E-state index is 0.0357. The molecule has 0 saturated heterocycles. The maximum absolute atomic E-state index is 10.6. The number of pyridine rings is 1. The van der Waals surface area contributed by atoms with Crippen molar-refractivity contribution in [2.24, 2.45) is 0 Å². The van der Waals surface area contributed by atoms with Crippen LogP contribution >= 0.6 is 0 Å². The Labute approximate surface area is 116 Å². The molecule has 3 rings (SSSR count). The zero-order valence-corrected chi connectivity index (χ0v) is 11.1. The van der Waals surface area contributed by atoms with E-state index < -0.39 is 4.92 Å². The lowest BCUT2D eigenvalue weighted by molar-refractivity contribution is -0.385. The smallest absolute Gasteiger partial charge is 0.287 e. The molecular weight excluding hydrogens is 256 g/mol. The molecule has 0 fully saturated rings. The summed E-state index contributed by atoms with van der Waals surface area (Å²) in [6, 6.07) is 6.92. The van der Waals surface area contributed by atoms with E-state index in [-0.39, 0.29) is 5.69 Å². The molecule has 0 atom stereocenters. The normalized spacial score (nSPS) is 13.1. The maximum Gasteiger partial charge on any atom is 0.287 e. The molecule has 1 aromatic heterocycles. The van der Waals surface area contributed by atoms with Gasteiger partial charge in [-0.15, -0.1) is 0 Å². The standard InChI is InChI=1S/C15H14N2O3/c1-10-5-7-14(13-4-2-3-12(10)13)20-15-8-6-11(9-16-15)17(18)19/h5-9H,2-4H2,1H3. The number of benzene rings is 1. The highest BCUT2D eigenvalue weighted by molar-refractivity contribution is 5.48. The third-order valence-electron chi connectivity index (χ3n) is 3.62. The fourth-order valence-corrected chi connectivity index (χ4v) is 2.60. The Morgan fingerprint density at radius 3 is 2.70 bits per heavy atom. The van der Waals surface area contributed by atoms with Gasteiger partial charge in [0.05, 0.1) is 4.92 Å². The second kappa shape index (κ2) is 4.92. The summed E-state index contributed by atoms with van der Waals surface area (Å²) in [4.78, 5) is 14.1. The Balaban J connectivity index is 1.88. The van der Waals surface area contributed by atoms with Crippen molar-refractivity contribution in [3.63, 3.8) is 0 Å². The van der Waals surface area contributed by atoms with Crippen molar-refractivity contribution in [2.45, 2.75) is 26.2 Å². The molecule has 1 aliphatic rings. The molecule has 1 aromatic carbocycles. The van der Waals surface area contributed by atoms with E-state index in [0.29, 0.717) is 5.88 Å². The van der Waals surface area contributed by atoms with Gasteiger partial charge < -0.3 is 4.74 Å². The van der Waals surface area contributed by atoms with Crippen LogP contribution in [0.4, 0.5) is 5.69 Å². The minimum atomic E-state index is -0.472. The van der Waals surface area contributed by atoms with Crippen molar-refractivity contribution >= 4 is 5.69 Å². The Morgan fingerprint density at radius 2 is 2.00 bits per heavy atom. The average molecular weight is 270 g/mol. The van der Waals surface area contributed by atoms with Gasteiger partial charge in [0.15, 0.2) is 0 Å². The first kappa shape index (κ1) is 12.6. The van der Waals surface area contributed by atoms with Crippen LogP contribution in [0.25, 0.3) is 0 Å². The van der Waals surface area contributed by atoms with Crippen molar-refractivity contribution < 1.29 is 9.66 Å². The molecule has 2 aromatic rings. The average Bonchev–Trinajstić information content (AvgIpc) is 2.93. The summed E-state index contributed by atoms with van der Waals surface area (Å²) in [5.74, 6) is 1.19. The first-order valence-corrected chi connectivity index (χ1v) is 6.55. The zero-order chi connectivity index (χ0) is 14.1. The summed E-state index contributed by atoms with van der Waals surface area (Å²) in [5, 5.41) is 10.6. The highest BCUT2D eigenvalue weighted by atomic mass is 16.6. The number of hydrogen-bond donors (Lipinski definition) is 0. The van der Waals surface area contributed by atoms with Gasteiger partial charge in [0.25, 0.3) is 5.69 Å². The number of aromatic nitrogens is 1. The molecule has 5 heteroatoms. The van der Waals surface area contributed by atoms with Crippen LogP contribution in [0.5, 0.6) is 11.6 Å². The molecule has 20 heavy (non-hydrogen) atoms. The van der Waals surface area contributed by atoms with Crippen LogP contribution in [0.2, 0.25) is 0 Å². The molecular formula is C15H14N2O3. The lowest BCUT2D eigenvalue weighted by Crippen LogP contribution is -1.95. The summed E-state index contributed by atoms with van der Waals surface area (Å²) in [6.07, 6.45) is 4.46. The summed E-state index contributed by atoms with van der Waals surface area (Å²) in [7, 11) is 0. The minimum Gasteiger partial charge on any atom is -0.439 e. The number of aryl methyl sites for hydroxylation is 1. The van der Waals surface area contributed by atoms with Gasteiger partial charge in [0, 0.05) is 12.1 Å². The molecule has 0 aliphatic heterocycles. The highest BCUT2D eigenvalue weighted by Gasteiger charge is 2.18. The first-order chi connectivity index (χ1) is 9.65. The van der Waals surface area contributed by atoms with E-state index >= 15 is 0 Å². The van der Waals surface area contributed by atoms with E-state index in [2.05, 4.69) is 11.9 Å². The first-order valence-electron chi connectivity index (χ1n) is 6.55. The lowest BCUT2D eigenvalue weighted by Gasteiger charge is -2.11. The fourth-order valence-electron chi connectivity index (χ4n) is 2.60. The predicted molar refractivity (Wildman–Crippen MR) is 74.2 cm³/mol. The Bertz CT molecular complexity index is 666. The van der Waals surface area contributed by atoms with E-state index in [0.717, 1.165) is 25.0 Å². The quantitative estimate of drug-likeness (QED) is 0.631. The van der Waals surface area contributed by atoms with Gasteiger partial charge in [-0.1, -0.05) is 6.07 Å². The van der Waals surface area contributed by atoms with Gasteiger partial charge in [-0.05, 0) is 48.9 Å². The number of rotatable bonds is 3. The number of fused-ring (bicyclic) bond motifs is 1. The van der Waals surface area contributed by atoms with Crippen LogP contribution in [-0.2, 0) is 12.8 Å². The van der Waals surface area contributed by atoms with Crippen molar-refractivity contribution in [1.82, 2.24) is 4.98 Å². The van der Waals surface area contributed by atoms with Gasteiger partial charge in [-0.2, -0.15) is 0 Å². The van der Waals surface area contributed by atoms with E-state index in [1.54, 1.807) is 0 Å². The largest absolute Gasteiger partial charge is 0.439 e. The van der Waals surface area contributed by atoms with Gasteiger partial charge in [-0.3, -0.25) is 10.1 Å². The van der Waals surface area contributed by atoms with Crippen LogP contribution in [-0.4, -0.2) is 9.91 Å². The Kier molecular flexibility index (Phi) is 3.10. The molecule has 0 amide bonds. The number of nitrogens with zero attached hydrogens (tertiary/aromatic N) is 2.